The molecule has 5 heteroatoms. The molecule has 3 rings (SSSR count). The monoisotopic (exact) mass is 285 g/mol. The van der Waals surface area contributed by atoms with Gasteiger partial charge in [0.15, 0.2) is 0 Å². The number of hydrogen-bond acceptors (Lipinski definition) is 5. The van der Waals surface area contributed by atoms with Crippen LogP contribution in [0.5, 0.6) is 0 Å². The van der Waals surface area contributed by atoms with Crippen molar-refractivity contribution in [3.63, 3.8) is 0 Å². The van der Waals surface area contributed by atoms with Crippen LogP contribution in [-0.2, 0) is 17.9 Å². The molecule has 0 saturated heterocycles. The van der Waals surface area contributed by atoms with E-state index in [1.54, 1.807) is 18.4 Å². The number of methoxy groups -OCH3 is 1. The van der Waals surface area contributed by atoms with Crippen LogP contribution in [-0.4, -0.2) is 17.1 Å². The molecule has 0 radical (unpaired) electrons. The first-order valence-corrected chi connectivity index (χ1v) is 7.17. The zero-order valence-electron chi connectivity index (χ0n) is 11.2. The summed E-state index contributed by atoms with van der Waals surface area (Å²) in [4.78, 5) is 10.2. The molecule has 0 fully saturated rings. The Hall–Kier alpha value is -1.82. The molecule has 0 unspecified atom stereocenters. The molecule has 0 bridgehead atoms. The summed E-state index contributed by atoms with van der Waals surface area (Å²) in [5, 5.41) is 3.17. The van der Waals surface area contributed by atoms with Gasteiger partial charge in [0.1, 0.15) is 10.7 Å². The molecule has 1 aromatic carbocycles. The lowest BCUT2D eigenvalue weighted by Gasteiger charge is -2.01. The Kier molecular flexibility index (Phi) is 3.73. The van der Waals surface area contributed by atoms with Gasteiger partial charge in [-0.15, -0.1) is 11.3 Å². The fourth-order valence-electron chi connectivity index (χ4n) is 2.18. The lowest BCUT2D eigenvalue weighted by molar-refractivity contribution is 0.181. The zero-order chi connectivity index (χ0) is 13.9. The van der Waals surface area contributed by atoms with Crippen molar-refractivity contribution in [2.24, 2.45) is 5.73 Å². The Morgan fingerprint density at radius 1 is 1.25 bits per heavy atom. The minimum absolute atomic E-state index is 0.473. The van der Waals surface area contributed by atoms with Gasteiger partial charge in [-0.05, 0) is 11.5 Å². The van der Waals surface area contributed by atoms with Crippen molar-refractivity contribution in [2.45, 2.75) is 13.2 Å². The van der Waals surface area contributed by atoms with Gasteiger partial charge in [0.05, 0.1) is 12.3 Å². The van der Waals surface area contributed by atoms with Crippen LogP contribution in [0.1, 0.15) is 10.6 Å². The highest BCUT2D eigenvalue weighted by atomic mass is 32.1. The van der Waals surface area contributed by atoms with Crippen molar-refractivity contribution in [1.29, 1.82) is 0 Å². The summed E-state index contributed by atoms with van der Waals surface area (Å²) < 4.78 is 5.18. The van der Waals surface area contributed by atoms with E-state index in [0.717, 1.165) is 32.0 Å². The third-order valence-electron chi connectivity index (χ3n) is 3.12. The standard InChI is InChI=1S/C15H15N3OS/c1-19-9-12-13(8-16)20-15(18-12)14-11-5-3-2-4-10(11)6-7-17-14/h2-7H,8-9,16H2,1H3. The van der Waals surface area contributed by atoms with Crippen molar-refractivity contribution < 1.29 is 4.74 Å². The summed E-state index contributed by atoms with van der Waals surface area (Å²) in [7, 11) is 1.66. The third-order valence-corrected chi connectivity index (χ3v) is 4.25. The van der Waals surface area contributed by atoms with Crippen LogP contribution in [0.2, 0.25) is 0 Å². The second kappa shape index (κ2) is 5.66. The van der Waals surface area contributed by atoms with E-state index in [1.165, 1.54) is 0 Å². The number of aromatic nitrogens is 2. The molecule has 2 aromatic heterocycles. The van der Waals surface area contributed by atoms with Gasteiger partial charge in [-0.3, -0.25) is 4.98 Å². The minimum atomic E-state index is 0.473. The lowest BCUT2D eigenvalue weighted by atomic mass is 10.1. The molecule has 2 heterocycles. The highest BCUT2D eigenvalue weighted by molar-refractivity contribution is 7.15. The Balaban J connectivity index is 2.15. The number of thiazole rings is 1. The minimum Gasteiger partial charge on any atom is -0.378 e. The summed E-state index contributed by atoms with van der Waals surface area (Å²) in [6.07, 6.45) is 1.82. The SMILES string of the molecule is COCc1nc(-c2nccc3ccccc23)sc1CN. The molecule has 0 saturated carbocycles. The topological polar surface area (TPSA) is 61.0 Å². The smallest absolute Gasteiger partial charge is 0.143 e. The van der Waals surface area contributed by atoms with Crippen LogP contribution in [0.15, 0.2) is 36.5 Å². The van der Waals surface area contributed by atoms with Crippen LogP contribution in [0.25, 0.3) is 21.5 Å². The Bertz CT molecular complexity index is 734. The van der Waals surface area contributed by atoms with E-state index in [9.17, 15) is 0 Å². The number of rotatable bonds is 4. The fraction of sp³-hybridized carbons (Fsp3) is 0.200. The zero-order valence-corrected chi connectivity index (χ0v) is 12.0. The van der Waals surface area contributed by atoms with Gasteiger partial charge in [0, 0.05) is 30.1 Å². The Labute approximate surface area is 121 Å². The molecule has 3 aromatic rings. The van der Waals surface area contributed by atoms with Gasteiger partial charge >= 0.3 is 0 Å². The van der Waals surface area contributed by atoms with Crippen molar-refractivity contribution in [3.05, 3.63) is 47.1 Å². The highest BCUT2D eigenvalue weighted by Crippen LogP contribution is 2.31. The van der Waals surface area contributed by atoms with Crippen LogP contribution < -0.4 is 5.73 Å². The van der Waals surface area contributed by atoms with E-state index in [-0.39, 0.29) is 0 Å². The van der Waals surface area contributed by atoms with Gasteiger partial charge in [-0.25, -0.2) is 4.98 Å². The van der Waals surface area contributed by atoms with Crippen molar-refractivity contribution in [3.8, 4) is 10.7 Å². The van der Waals surface area contributed by atoms with Crippen LogP contribution >= 0.6 is 11.3 Å². The number of nitrogens with two attached hydrogens (primary N) is 1. The van der Waals surface area contributed by atoms with E-state index < -0.39 is 0 Å². The summed E-state index contributed by atoms with van der Waals surface area (Å²) in [5.74, 6) is 0. The summed E-state index contributed by atoms with van der Waals surface area (Å²) in [6.45, 7) is 0.953. The number of nitrogens with zero attached hydrogens (tertiary/aromatic N) is 2. The normalized spacial score (nSPS) is 11.1. The molecule has 4 nitrogen and oxygen atoms in total. The van der Waals surface area contributed by atoms with E-state index in [1.807, 2.05) is 24.4 Å². The second-order valence-corrected chi connectivity index (χ2v) is 5.49. The first kappa shape index (κ1) is 13.2. The van der Waals surface area contributed by atoms with E-state index in [4.69, 9.17) is 10.5 Å². The van der Waals surface area contributed by atoms with Gasteiger partial charge in [0.2, 0.25) is 0 Å². The van der Waals surface area contributed by atoms with Gasteiger partial charge in [0.25, 0.3) is 0 Å². The van der Waals surface area contributed by atoms with E-state index in [2.05, 4.69) is 22.1 Å². The molecule has 0 aliphatic rings. The molecule has 0 atom stereocenters. The average molecular weight is 285 g/mol. The molecular formula is C15H15N3OS. The Morgan fingerprint density at radius 2 is 2.10 bits per heavy atom. The summed E-state index contributed by atoms with van der Waals surface area (Å²) >= 11 is 1.59. The van der Waals surface area contributed by atoms with Crippen molar-refractivity contribution in [1.82, 2.24) is 9.97 Å². The number of ether oxygens (including phenoxy) is 1. The molecule has 102 valence electrons. The second-order valence-electron chi connectivity index (χ2n) is 4.41. The van der Waals surface area contributed by atoms with Gasteiger partial charge < -0.3 is 10.5 Å². The van der Waals surface area contributed by atoms with Crippen LogP contribution in [0.3, 0.4) is 0 Å². The number of benzene rings is 1. The number of fused-ring (bicyclic) bond motifs is 1. The van der Waals surface area contributed by atoms with Crippen molar-refractivity contribution in [2.75, 3.05) is 7.11 Å². The number of hydrogen-bond donors (Lipinski definition) is 1. The maximum absolute atomic E-state index is 5.78. The van der Waals surface area contributed by atoms with E-state index >= 15 is 0 Å². The lowest BCUT2D eigenvalue weighted by Crippen LogP contribution is -1.99. The van der Waals surface area contributed by atoms with Crippen molar-refractivity contribution >= 4 is 22.1 Å². The predicted molar refractivity (Wildman–Crippen MR) is 81.5 cm³/mol. The van der Waals surface area contributed by atoms with Gasteiger partial charge in [-0.2, -0.15) is 0 Å². The molecular weight excluding hydrogens is 270 g/mol. The summed E-state index contributed by atoms with van der Waals surface area (Å²) in [5.41, 5.74) is 7.59. The first-order valence-electron chi connectivity index (χ1n) is 6.35. The maximum atomic E-state index is 5.78. The summed E-state index contributed by atoms with van der Waals surface area (Å²) in [6, 6.07) is 10.2. The maximum Gasteiger partial charge on any atom is 0.143 e. The molecule has 0 aliphatic carbocycles. The largest absolute Gasteiger partial charge is 0.378 e. The van der Waals surface area contributed by atoms with Gasteiger partial charge in [-0.1, -0.05) is 24.3 Å². The van der Waals surface area contributed by atoms with E-state index in [0.29, 0.717) is 13.2 Å². The quantitative estimate of drug-likeness (QED) is 0.800. The average Bonchev–Trinajstić information content (AvgIpc) is 2.90. The molecule has 0 spiro atoms. The molecule has 2 N–H and O–H groups in total. The Morgan fingerprint density at radius 3 is 2.90 bits per heavy atom. The highest BCUT2D eigenvalue weighted by Gasteiger charge is 2.14. The van der Waals surface area contributed by atoms with Crippen LogP contribution in [0.4, 0.5) is 0 Å². The predicted octanol–water partition coefficient (Wildman–Crippen LogP) is 2.96. The molecule has 0 aliphatic heterocycles. The number of pyridine rings is 1. The van der Waals surface area contributed by atoms with Crippen LogP contribution in [0, 0.1) is 0 Å². The molecule has 20 heavy (non-hydrogen) atoms. The third kappa shape index (κ3) is 2.31. The molecule has 0 amide bonds. The first-order chi connectivity index (χ1) is 9.83. The fourth-order valence-corrected chi connectivity index (χ4v) is 3.14.